The van der Waals surface area contributed by atoms with Crippen LogP contribution in [0.1, 0.15) is 48.0 Å². The van der Waals surface area contributed by atoms with Gasteiger partial charge in [0.15, 0.2) is 44.1 Å². The zero-order valence-corrected chi connectivity index (χ0v) is 49.7. The lowest BCUT2D eigenvalue weighted by atomic mass is 9.90. The van der Waals surface area contributed by atoms with Crippen molar-refractivity contribution in [1.82, 2.24) is 0 Å². The van der Waals surface area contributed by atoms with E-state index in [1.807, 2.05) is 6.07 Å². The van der Waals surface area contributed by atoms with E-state index >= 15 is 0 Å². The van der Waals surface area contributed by atoms with Crippen molar-refractivity contribution in [3.8, 4) is 0 Å². The van der Waals surface area contributed by atoms with E-state index in [2.05, 4.69) is 273 Å². The van der Waals surface area contributed by atoms with Gasteiger partial charge in [0.2, 0.25) is 0 Å². The number of carbonyl (C=O) groups excluding carboxylic acids is 3. The van der Waals surface area contributed by atoms with Gasteiger partial charge in [-0.25, -0.2) is 0 Å². The summed E-state index contributed by atoms with van der Waals surface area (Å²) >= 11 is 0. The molecule has 0 aromatic heterocycles. The van der Waals surface area contributed by atoms with Gasteiger partial charge < -0.3 is 29.7 Å². The van der Waals surface area contributed by atoms with Gasteiger partial charge in [-0.15, -0.1) is 0 Å². The van der Waals surface area contributed by atoms with Gasteiger partial charge in [-0.05, 0) is 139 Å². The largest absolute Gasteiger partial charge is 0.550 e. The predicted molar refractivity (Wildman–Crippen MR) is 342 cm³/mol. The first-order chi connectivity index (χ1) is 41.7. The summed E-state index contributed by atoms with van der Waals surface area (Å²) < 4.78 is 0. The van der Waals surface area contributed by atoms with Crippen molar-refractivity contribution in [3.05, 3.63) is 345 Å². The number of hydrogen-bond acceptors (Lipinski definition) is 6. The summed E-state index contributed by atoms with van der Waals surface area (Å²) in [4.78, 5) is 42.6. The Kier molecular flexibility index (Phi) is 27.2. The number of carboxylic acid groups (broad SMARTS) is 3. The smallest absolute Gasteiger partial charge is 0.166 e. The molecule has 0 saturated heterocycles. The van der Waals surface area contributed by atoms with E-state index in [0.29, 0.717) is 0 Å². The van der Waals surface area contributed by atoms with E-state index < -0.39 is 17.9 Å². The molecule has 0 radical (unpaired) electrons. The summed E-state index contributed by atoms with van der Waals surface area (Å²) in [5.41, 5.74) is 1.00. The molecule has 0 unspecified atom stereocenters. The lowest BCUT2D eigenvalue weighted by molar-refractivity contribution is -0.312. The summed E-state index contributed by atoms with van der Waals surface area (Å²) in [6, 6.07) is 113. The van der Waals surface area contributed by atoms with Crippen molar-refractivity contribution in [2.45, 2.75) is 82.6 Å². The molecule has 1 aliphatic carbocycles. The molecule has 0 spiro atoms. The predicted octanol–water partition coefficient (Wildman–Crippen LogP) is 14.7. The van der Waals surface area contributed by atoms with Crippen LogP contribution in [0.15, 0.2) is 378 Å². The highest BCUT2D eigenvalue weighted by Crippen LogP contribution is 2.33. The monoisotopic (exact) mass is 1170 g/mol. The fourth-order valence-corrected chi connectivity index (χ4v) is 15.2. The second-order valence-electron chi connectivity index (χ2n) is 19.1. The number of hydrogen-bond donors (Lipinski definition) is 0. The molecule has 12 rings (SSSR count). The maximum Gasteiger partial charge on any atom is 0.166 e. The molecule has 9 heteroatoms. The molecule has 0 bridgehead atoms. The van der Waals surface area contributed by atoms with Crippen molar-refractivity contribution in [1.29, 1.82) is 0 Å². The molecule has 6 nitrogen and oxygen atoms in total. The maximum absolute atomic E-state index is 10.2. The zero-order valence-electron chi connectivity index (χ0n) is 47.2. The Morgan fingerprint density at radius 2 is 0.482 bits per heavy atom. The van der Waals surface area contributed by atoms with Crippen molar-refractivity contribution < 1.29 is 29.7 Å². The van der Waals surface area contributed by atoms with Crippen LogP contribution in [0.5, 0.6) is 0 Å². The van der Waals surface area contributed by atoms with Crippen molar-refractivity contribution in [2.75, 3.05) is 0 Å². The molecule has 1 aliphatic rings. The minimum Gasteiger partial charge on any atom is -0.550 e. The first kappa shape index (κ1) is 63.5. The average Bonchev–Trinajstić information content (AvgIpc) is 3.77. The third-order valence-electron chi connectivity index (χ3n) is 12.9. The SMILES string of the molecule is O=C([O-])C1CCCCC1.O=C([O-])Cc1ccccc1.O=C([O-])c1ccccc1.c1ccc([S+](c2ccccc2)c2ccccc2)cc1.c1ccc([S+](c2ccccc2)c2ccccc2)cc1.c1ccc([S+](c2ccccc2)c2ccccc2)cc1. The van der Waals surface area contributed by atoms with Crippen LogP contribution >= 0.6 is 0 Å². The molecular formula is C76H68O6S3. The number of aliphatic carboxylic acids is 2. The van der Waals surface area contributed by atoms with Crippen molar-refractivity contribution in [3.63, 3.8) is 0 Å². The maximum atomic E-state index is 10.2. The number of carbonyl (C=O) groups is 3. The Balaban J connectivity index is 0.000000151. The molecule has 0 atom stereocenters. The van der Waals surface area contributed by atoms with E-state index in [-0.39, 0.29) is 50.6 Å². The molecule has 0 heterocycles. The van der Waals surface area contributed by atoms with E-state index in [4.69, 9.17) is 0 Å². The Hall–Kier alpha value is -9.12. The number of rotatable bonds is 13. The van der Waals surface area contributed by atoms with Crippen LogP contribution < -0.4 is 15.3 Å². The van der Waals surface area contributed by atoms with E-state index in [9.17, 15) is 29.7 Å². The molecule has 1 saturated carbocycles. The van der Waals surface area contributed by atoms with Crippen LogP contribution in [-0.2, 0) is 48.7 Å². The van der Waals surface area contributed by atoms with Crippen LogP contribution in [0.2, 0.25) is 0 Å². The van der Waals surface area contributed by atoms with Crippen molar-refractivity contribution >= 4 is 50.6 Å². The van der Waals surface area contributed by atoms with Gasteiger partial charge in [0.25, 0.3) is 0 Å². The van der Waals surface area contributed by atoms with Crippen LogP contribution in [0.4, 0.5) is 0 Å². The fourth-order valence-electron chi connectivity index (χ4n) is 8.91. The van der Waals surface area contributed by atoms with E-state index in [1.54, 1.807) is 42.5 Å². The van der Waals surface area contributed by atoms with Crippen LogP contribution in [0.3, 0.4) is 0 Å². The van der Waals surface area contributed by atoms with Gasteiger partial charge in [0.05, 0.1) is 38.7 Å². The summed E-state index contributed by atoms with van der Waals surface area (Å²) in [6.07, 6.45) is 5.01. The molecule has 426 valence electrons. The van der Waals surface area contributed by atoms with Crippen molar-refractivity contribution in [2.24, 2.45) is 5.92 Å². The average molecular weight is 1170 g/mol. The van der Waals surface area contributed by atoms with Crippen LogP contribution in [0.25, 0.3) is 0 Å². The fraction of sp³-hybridized carbons (Fsp3) is 0.0921. The van der Waals surface area contributed by atoms with Gasteiger partial charge in [-0.1, -0.05) is 244 Å². The van der Waals surface area contributed by atoms with Crippen LogP contribution in [-0.4, -0.2) is 17.9 Å². The molecule has 0 aliphatic heterocycles. The Labute approximate surface area is 510 Å². The van der Waals surface area contributed by atoms with Gasteiger partial charge in [0.1, 0.15) is 0 Å². The minimum atomic E-state index is -1.13. The van der Waals surface area contributed by atoms with E-state index in [1.165, 1.54) is 62.6 Å². The Bertz CT molecular complexity index is 2990. The summed E-state index contributed by atoms with van der Waals surface area (Å²) in [5, 5.41) is 30.4. The lowest BCUT2D eigenvalue weighted by Gasteiger charge is -2.21. The zero-order chi connectivity index (χ0) is 59.5. The summed E-state index contributed by atoms with van der Waals surface area (Å²) in [5.74, 6) is -3.16. The molecule has 11 aromatic carbocycles. The second-order valence-corrected chi connectivity index (χ2v) is 25.2. The normalized spacial score (nSPS) is 11.4. The van der Waals surface area contributed by atoms with Gasteiger partial charge in [-0.2, -0.15) is 0 Å². The molecular weight excluding hydrogens is 1110 g/mol. The van der Waals surface area contributed by atoms with E-state index in [0.717, 1.165) is 31.2 Å². The highest BCUT2D eigenvalue weighted by molar-refractivity contribution is 7.97. The second kappa shape index (κ2) is 36.5. The first-order valence-electron chi connectivity index (χ1n) is 28.1. The van der Waals surface area contributed by atoms with Gasteiger partial charge >= 0.3 is 0 Å². The first-order valence-corrected chi connectivity index (χ1v) is 31.8. The molecule has 0 amide bonds. The number of benzene rings is 11. The molecule has 0 N–H and O–H groups in total. The third-order valence-corrected chi connectivity index (χ3v) is 19.6. The van der Waals surface area contributed by atoms with Gasteiger partial charge in [0, 0.05) is 18.4 Å². The molecule has 85 heavy (non-hydrogen) atoms. The highest BCUT2D eigenvalue weighted by Gasteiger charge is 2.30. The lowest BCUT2D eigenvalue weighted by Crippen LogP contribution is -2.32. The number of carboxylic acids is 3. The topological polar surface area (TPSA) is 120 Å². The third kappa shape index (κ3) is 21.9. The molecule has 1 fully saturated rings. The summed E-state index contributed by atoms with van der Waals surface area (Å²) in [7, 11) is -0.0439. The van der Waals surface area contributed by atoms with Crippen LogP contribution in [0, 0.1) is 5.92 Å². The highest BCUT2D eigenvalue weighted by atomic mass is 32.2. The van der Waals surface area contributed by atoms with Gasteiger partial charge in [-0.3, -0.25) is 0 Å². The standard InChI is InChI=1S/3C18H15S.C8H8O2.C7H12O2.C7H6O2/c3*1-4-10-16(11-5-1)19(17-12-6-2-7-13-17)18-14-8-3-9-15-18;9-8(10)6-7-4-2-1-3-5-7;2*8-7(9)6-4-2-1-3-5-6/h3*1-15H;1-5H,6H2,(H,9,10);6H,1-5H2,(H,8,9);1-5H,(H,8,9)/q3*+1;;;/p-3. The Morgan fingerprint density at radius 1 is 0.282 bits per heavy atom. The minimum absolute atomic E-state index is 0.000833. The number of aromatic carboxylic acids is 1. The summed E-state index contributed by atoms with van der Waals surface area (Å²) in [6.45, 7) is 0. The quantitative estimate of drug-likeness (QED) is 0.106. The molecule has 11 aromatic rings. The Morgan fingerprint density at radius 3 is 0.647 bits per heavy atom.